The van der Waals surface area contributed by atoms with E-state index < -0.39 is 5.97 Å². The molecule has 2 rings (SSSR count). The number of methoxy groups -OCH3 is 1. The number of anilines is 1. The summed E-state index contributed by atoms with van der Waals surface area (Å²) >= 11 is 0. The van der Waals surface area contributed by atoms with Crippen molar-refractivity contribution in [3.05, 3.63) is 23.5 Å². The van der Waals surface area contributed by atoms with Gasteiger partial charge in [0.25, 0.3) is 0 Å². The van der Waals surface area contributed by atoms with Crippen LogP contribution in [0.5, 0.6) is 0 Å². The molecule has 0 aromatic carbocycles. The van der Waals surface area contributed by atoms with E-state index in [2.05, 4.69) is 9.72 Å². The second kappa shape index (κ2) is 3.29. The lowest BCUT2D eigenvalue weighted by Crippen LogP contribution is -2.09. The first-order valence-corrected chi connectivity index (χ1v) is 4.57. The Morgan fingerprint density at radius 1 is 1.57 bits per heavy atom. The summed E-state index contributed by atoms with van der Waals surface area (Å²) in [4.78, 5) is 15.5. The summed E-state index contributed by atoms with van der Waals surface area (Å²) in [7, 11) is 1.33. The smallest absolute Gasteiger partial charge is 0.358 e. The van der Waals surface area contributed by atoms with E-state index in [1.54, 1.807) is 6.07 Å². The van der Waals surface area contributed by atoms with E-state index in [4.69, 9.17) is 5.73 Å². The predicted octanol–water partition coefficient (Wildman–Crippen LogP) is 1.33. The van der Waals surface area contributed by atoms with Crippen LogP contribution in [0.25, 0.3) is 0 Å². The molecule has 1 aliphatic rings. The number of ether oxygens (including phenoxy) is 1. The van der Waals surface area contributed by atoms with Crippen LogP contribution in [0.2, 0.25) is 0 Å². The van der Waals surface area contributed by atoms with Crippen LogP contribution in [0.15, 0.2) is 12.1 Å². The number of nitrogens with zero attached hydrogens (tertiary/aromatic N) is 1. The maximum Gasteiger partial charge on any atom is 0.358 e. The second-order valence-electron chi connectivity index (χ2n) is 3.44. The normalized spacial score (nSPS) is 15.2. The van der Waals surface area contributed by atoms with E-state index >= 15 is 0 Å². The Bertz CT molecular complexity index is 372. The number of rotatable bonds is 2. The molecule has 4 heteroatoms. The standard InChI is InChI=1S/C10H12N2O2/c1-14-10(13)9-7(11)4-5-8(12-9)6-2-3-6/h4-6H,2-3,11H2,1H3. The molecule has 1 aromatic heterocycles. The average molecular weight is 192 g/mol. The first kappa shape index (κ1) is 8.99. The van der Waals surface area contributed by atoms with Gasteiger partial charge < -0.3 is 10.5 Å². The van der Waals surface area contributed by atoms with Crippen LogP contribution >= 0.6 is 0 Å². The Hall–Kier alpha value is -1.58. The van der Waals surface area contributed by atoms with Crippen LogP contribution in [0.4, 0.5) is 5.69 Å². The van der Waals surface area contributed by atoms with Gasteiger partial charge in [-0.15, -0.1) is 0 Å². The number of aromatic nitrogens is 1. The fourth-order valence-corrected chi connectivity index (χ4v) is 1.35. The number of carbonyl (C=O) groups excluding carboxylic acids is 1. The zero-order chi connectivity index (χ0) is 10.1. The van der Waals surface area contributed by atoms with Crippen LogP contribution in [0.3, 0.4) is 0 Å². The second-order valence-corrected chi connectivity index (χ2v) is 3.44. The minimum absolute atomic E-state index is 0.233. The lowest BCUT2D eigenvalue weighted by molar-refractivity contribution is 0.0595. The van der Waals surface area contributed by atoms with E-state index in [0.717, 1.165) is 18.5 Å². The molecule has 74 valence electrons. The number of hydrogen-bond acceptors (Lipinski definition) is 4. The monoisotopic (exact) mass is 192 g/mol. The fourth-order valence-electron chi connectivity index (χ4n) is 1.35. The molecular weight excluding hydrogens is 180 g/mol. The molecule has 1 aromatic rings. The molecule has 0 atom stereocenters. The highest BCUT2D eigenvalue weighted by atomic mass is 16.5. The molecule has 1 saturated carbocycles. The van der Waals surface area contributed by atoms with Gasteiger partial charge in [0.15, 0.2) is 5.69 Å². The van der Waals surface area contributed by atoms with Crippen molar-refractivity contribution in [2.75, 3.05) is 12.8 Å². The summed E-state index contributed by atoms with van der Waals surface area (Å²) in [5, 5.41) is 0. The molecule has 0 amide bonds. The molecule has 0 saturated heterocycles. The molecule has 1 heterocycles. The third-order valence-electron chi connectivity index (χ3n) is 2.32. The highest BCUT2D eigenvalue weighted by Crippen LogP contribution is 2.39. The van der Waals surface area contributed by atoms with Gasteiger partial charge in [-0.3, -0.25) is 0 Å². The molecule has 2 N–H and O–H groups in total. The van der Waals surface area contributed by atoms with E-state index in [-0.39, 0.29) is 5.69 Å². The Morgan fingerprint density at radius 3 is 2.86 bits per heavy atom. The van der Waals surface area contributed by atoms with E-state index in [9.17, 15) is 4.79 Å². The number of carbonyl (C=O) groups is 1. The summed E-state index contributed by atoms with van der Waals surface area (Å²) in [5.41, 5.74) is 7.18. The van der Waals surface area contributed by atoms with Crippen molar-refractivity contribution in [2.24, 2.45) is 0 Å². The minimum atomic E-state index is -0.468. The van der Waals surface area contributed by atoms with Crippen molar-refractivity contribution >= 4 is 11.7 Å². The van der Waals surface area contributed by atoms with Crippen molar-refractivity contribution in [2.45, 2.75) is 18.8 Å². The van der Waals surface area contributed by atoms with Gasteiger partial charge in [0.2, 0.25) is 0 Å². The molecule has 0 unspecified atom stereocenters. The van der Waals surface area contributed by atoms with Crippen molar-refractivity contribution in [3.8, 4) is 0 Å². The molecule has 14 heavy (non-hydrogen) atoms. The lowest BCUT2D eigenvalue weighted by atomic mass is 10.2. The Balaban J connectivity index is 2.36. The molecule has 0 bridgehead atoms. The summed E-state index contributed by atoms with van der Waals surface area (Å²) < 4.78 is 4.59. The average Bonchev–Trinajstić information content (AvgIpc) is 3.01. The predicted molar refractivity (Wildman–Crippen MR) is 52.0 cm³/mol. The minimum Gasteiger partial charge on any atom is -0.464 e. The first-order valence-electron chi connectivity index (χ1n) is 4.57. The first-order chi connectivity index (χ1) is 6.72. The van der Waals surface area contributed by atoms with Crippen LogP contribution in [0, 0.1) is 0 Å². The number of nitrogen functional groups attached to an aromatic ring is 1. The summed E-state index contributed by atoms with van der Waals surface area (Å²) in [6.07, 6.45) is 2.30. The molecule has 0 spiro atoms. The maximum absolute atomic E-state index is 11.3. The molecule has 0 aliphatic heterocycles. The van der Waals surface area contributed by atoms with Crippen LogP contribution in [0.1, 0.15) is 34.9 Å². The lowest BCUT2D eigenvalue weighted by Gasteiger charge is -2.04. The van der Waals surface area contributed by atoms with E-state index in [1.165, 1.54) is 7.11 Å². The quantitative estimate of drug-likeness (QED) is 0.718. The fraction of sp³-hybridized carbons (Fsp3) is 0.400. The van der Waals surface area contributed by atoms with Crippen molar-refractivity contribution < 1.29 is 9.53 Å². The Kier molecular flexibility index (Phi) is 2.11. The highest BCUT2D eigenvalue weighted by molar-refractivity contribution is 5.92. The van der Waals surface area contributed by atoms with Gasteiger partial charge in [-0.25, -0.2) is 9.78 Å². The summed E-state index contributed by atoms with van der Waals surface area (Å²) in [6, 6.07) is 3.59. The highest BCUT2D eigenvalue weighted by Gasteiger charge is 2.26. The third-order valence-corrected chi connectivity index (χ3v) is 2.32. The van der Waals surface area contributed by atoms with Crippen molar-refractivity contribution in [3.63, 3.8) is 0 Å². The number of esters is 1. The van der Waals surface area contributed by atoms with Crippen LogP contribution < -0.4 is 5.73 Å². The van der Waals surface area contributed by atoms with Crippen molar-refractivity contribution in [1.29, 1.82) is 0 Å². The zero-order valence-corrected chi connectivity index (χ0v) is 7.99. The van der Waals surface area contributed by atoms with E-state index in [0.29, 0.717) is 11.6 Å². The topological polar surface area (TPSA) is 65.2 Å². The molecule has 1 aliphatic carbocycles. The van der Waals surface area contributed by atoms with Crippen molar-refractivity contribution in [1.82, 2.24) is 4.98 Å². The Labute approximate surface area is 82.1 Å². The molecular formula is C10H12N2O2. The summed E-state index contributed by atoms with van der Waals surface area (Å²) in [6.45, 7) is 0. The number of nitrogens with two attached hydrogens (primary N) is 1. The van der Waals surface area contributed by atoms with Gasteiger partial charge in [-0.05, 0) is 25.0 Å². The SMILES string of the molecule is COC(=O)c1nc(C2CC2)ccc1N. The maximum atomic E-state index is 11.3. The molecule has 4 nitrogen and oxygen atoms in total. The van der Waals surface area contributed by atoms with Gasteiger partial charge in [-0.1, -0.05) is 0 Å². The number of pyridine rings is 1. The molecule has 0 radical (unpaired) electrons. The summed E-state index contributed by atoms with van der Waals surface area (Å²) in [5.74, 6) is 0.0454. The number of hydrogen-bond donors (Lipinski definition) is 1. The third kappa shape index (κ3) is 1.55. The van der Waals surface area contributed by atoms with E-state index in [1.807, 2.05) is 6.07 Å². The van der Waals surface area contributed by atoms with Gasteiger partial charge in [0, 0.05) is 11.6 Å². The van der Waals surface area contributed by atoms with Gasteiger partial charge in [0.1, 0.15) is 0 Å². The van der Waals surface area contributed by atoms with Crippen LogP contribution in [-0.2, 0) is 4.74 Å². The largest absolute Gasteiger partial charge is 0.464 e. The van der Waals surface area contributed by atoms with Gasteiger partial charge >= 0.3 is 5.97 Å². The van der Waals surface area contributed by atoms with Crippen LogP contribution in [-0.4, -0.2) is 18.1 Å². The Morgan fingerprint density at radius 2 is 2.29 bits per heavy atom. The van der Waals surface area contributed by atoms with Gasteiger partial charge in [-0.2, -0.15) is 0 Å². The zero-order valence-electron chi connectivity index (χ0n) is 7.99. The van der Waals surface area contributed by atoms with Gasteiger partial charge in [0.05, 0.1) is 12.8 Å². The molecule has 1 fully saturated rings.